The molecule has 0 saturated carbocycles. The van der Waals surface area contributed by atoms with E-state index in [0.29, 0.717) is 0 Å². The van der Waals surface area contributed by atoms with Crippen molar-refractivity contribution in [3.8, 4) is 0 Å². The van der Waals surface area contributed by atoms with Gasteiger partial charge in [-0.2, -0.15) is 0 Å². The number of nitrogens with two attached hydrogens (primary N) is 1. The minimum atomic E-state index is 0.911. The molecule has 0 aliphatic carbocycles. The van der Waals surface area contributed by atoms with Gasteiger partial charge in [0.15, 0.2) is 0 Å². The number of nitrogen functional groups attached to an aromatic ring is 1. The third-order valence-corrected chi connectivity index (χ3v) is 12.0. The molecule has 3 unspecified atom stereocenters. The number of hydrogen-bond donors (Lipinski definition) is 1. The van der Waals surface area contributed by atoms with Crippen molar-refractivity contribution in [3.63, 3.8) is 0 Å². The van der Waals surface area contributed by atoms with Crippen LogP contribution in [-0.2, 0) is 19.3 Å². The number of unbranched alkanes of at least 4 members (excludes halogenated alkanes) is 12. The van der Waals surface area contributed by atoms with Crippen LogP contribution in [0.4, 0.5) is 5.69 Å². The highest BCUT2D eigenvalue weighted by atomic mass is 14.6. The molecule has 1 rings (SSSR count). The molecule has 0 aliphatic heterocycles. The van der Waals surface area contributed by atoms with Crippen LogP contribution in [0.3, 0.4) is 0 Å². The summed E-state index contributed by atoms with van der Waals surface area (Å²) in [5.41, 5.74) is 12.9. The Morgan fingerprint density at radius 3 is 1.06 bits per heavy atom. The number of benzene rings is 1. The summed E-state index contributed by atoms with van der Waals surface area (Å²) >= 11 is 0. The zero-order valence-corrected chi connectivity index (χ0v) is 34.8. The Kier molecular flexibility index (Phi) is 30.9. The first-order valence-electron chi connectivity index (χ1n) is 22.9. The van der Waals surface area contributed by atoms with E-state index in [1.807, 2.05) is 0 Å². The highest BCUT2D eigenvalue weighted by molar-refractivity contribution is 5.54. The fourth-order valence-corrected chi connectivity index (χ4v) is 8.67. The molecule has 0 bridgehead atoms. The predicted octanol–water partition coefficient (Wildman–Crippen LogP) is 16.6. The van der Waals surface area contributed by atoms with Gasteiger partial charge in [0, 0.05) is 5.69 Å². The van der Waals surface area contributed by atoms with Gasteiger partial charge in [0.25, 0.3) is 0 Å². The molecule has 3 atom stereocenters. The first kappa shape index (κ1) is 46.0. The van der Waals surface area contributed by atoms with Crippen molar-refractivity contribution in [1.82, 2.24) is 0 Å². The van der Waals surface area contributed by atoms with Crippen LogP contribution < -0.4 is 5.73 Å². The van der Waals surface area contributed by atoms with Gasteiger partial charge in [-0.15, -0.1) is 0 Å². The fourth-order valence-electron chi connectivity index (χ4n) is 8.67. The third-order valence-electron chi connectivity index (χ3n) is 12.0. The molecular weight excluding hydrogens is 591 g/mol. The summed E-state index contributed by atoms with van der Waals surface area (Å²) in [6.07, 6.45) is 45.7. The van der Waals surface area contributed by atoms with Gasteiger partial charge in [0.1, 0.15) is 0 Å². The summed E-state index contributed by atoms with van der Waals surface area (Å²) in [6, 6.07) is 4.75. The molecule has 1 heteroatoms. The Balaban J connectivity index is 3.07. The van der Waals surface area contributed by atoms with E-state index in [2.05, 4.69) is 53.7 Å². The molecule has 1 nitrogen and oxygen atoms in total. The Labute approximate surface area is 310 Å². The molecule has 2 N–H and O–H groups in total. The van der Waals surface area contributed by atoms with Crippen LogP contribution in [0.25, 0.3) is 0 Å². The van der Waals surface area contributed by atoms with Crippen LogP contribution in [0.15, 0.2) is 12.1 Å². The summed E-state index contributed by atoms with van der Waals surface area (Å²) in [6.45, 7) is 14.1. The molecule has 0 fully saturated rings. The minimum absolute atomic E-state index is 0.911. The quantitative estimate of drug-likeness (QED) is 0.0553. The molecule has 0 radical (unpaired) electrons. The first-order chi connectivity index (χ1) is 24.0. The van der Waals surface area contributed by atoms with Gasteiger partial charge in [-0.25, -0.2) is 0 Å². The lowest BCUT2D eigenvalue weighted by Crippen LogP contribution is -2.09. The second-order valence-electron chi connectivity index (χ2n) is 16.5. The maximum absolute atomic E-state index is 6.90. The second kappa shape index (κ2) is 32.9. The maximum atomic E-state index is 6.90. The van der Waals surface area contributed by atoms with E-state index < -0.39 is 0 Å². The highest BCUT2D eigenvalue weighted by Crippen LogP contribution is 2.32. The molecule has 0 aromatic heterocycles. The van der Waals surface area contributed by atoms with Crippen molar-refractivity contribution in [3.05, 3.63) is 28.8 Å². The average molecular weight is 682 g/mol. The van der Waals surface area contributed by atoms with Gasteiger partial charge in [-0.1, -0.05) is 221 Å². The lowest BCUT2D eigenvalue weighted by Gasteiger charge is -2.22. The van der Waals surface area contributed by atoms with Gasteiger partial charge < -0.3 is 5.73 Å². The molecule has 0 saturated heterocycles. The van der Waals surface area contributed by atoms with Crippen LogP contribution in [0.1, 0.15) is 251 Å². The van der Waals surface area contributed by atoms with Gasteiger partial charge in [0.05, 0.1) is 0 Å². The molecule has 0 aliphatic rings. The smallest absolute Gasteiger partial charge is 0.0349 e. The Morgan fingerprint density at radius 2 is 0.673 bits per heavy atom. The van der Waals surface area contributed by atoms with Crippen molar-refractivity contribution in [1.29, 1.82) is 0 Å². The van der Waals surface area contributed by atoms with Crippen molar-refractivity contribution in [2.45, 2.75) is 253 Å². The minimum Gasteiger partial charge on any atom is -0.398 e. The standard InChI is InChI=1S/C48H91N/c1-7-13-19-22-31-42(28-16-10-4)34-25-37-45-40-41-48(49)47(39-27-36-44(30-18-12-6)33-24-21-15-9-3)46(45)38-26-35-43(29-17-11-5)32-23-20-14-8-2/h40-44H,7-39,49H2,1-6H3. The van der Waals surface area contributed by atoms with Crippen molar-refractivity contribution < 1.29 is 0 Å². The SMILES string of the molecule is CCCCCCC(CCCC)CCCc1ccc(N)c(CCCC(CCCC)CCCCCC)c1CCCC(CCCC)CCCCCC. The van der Waals surface area contributed by atoms with Crippen molar-refractivity contribution >= 4 is 5.69 Å². The topological polar surface area (TPSA) is 26.0 Å². The number of anilines is 1. The fraction of sp³-hybridized carbons (Fsp3) is 0.875. The van der Waals surface area contributed by atoms with Crippen LogP contribution >= 0.6 is 0 Å². The Bertz CT molecular complexity index is 842. The normalized spacial score (nSPS) is 13.6. The zero-order valence-electron chi connectivity index (χ0n) is 34.8. The summed E-state index contributed by atoms with van der Waals surface area (Å²) in [5.74, 6) is 2.76. The average Bonchev–Trinajstić information content (AvgIpc) is 3.11. The number of aryl methyl sites for hydroxylation is 1. The highest BCUT2D eigenvalue weighted by Gasteiger charge is 2.17. The van der Waals surface area contributed by atoms with Crippen LogP contribution in [0.5, 0.6) is 0 Å². The van der Waals surface area contributed by atoms with E-state index >= 15 is 0 Å². The van der Waals surface area contributed by atoms with E-state index in [4.69, 9.17) is 5.73 Å². The summed E-state index contributed by atoms with van der Waals surface area (Å²) < 4.78 is 0. The predicted molar refractivity (Wildman–Crippen MR) is 225 cm³/mol. The Morgan fingerprint density at radius 1 is 0.347 bits per heavy atom. The van der Waals surface area contributed by atoms with Gasteiger partial charge in [-0.3, -0.25) is 0 Å². The molecule has 49 heavy (non-hydrogen) atoms. The zero-order chi connectivity index (χ0) is 35.8. The Hall–Kier alpha value is -0.980. The van der Waals surface area contributed by atoms with Crippen LogP contribution in [0.2, 0.25) is 0 Å². The summed E-state index contributed by atoms with van der Waals surface area (Å²) in [5, 5.41) is 0. The number of rotatable bonds is 36. The van der Waals surface area contributed by atoms with E-state index in [9.17, 15) is 0 Å². The molecule has 1 aromatic rings. The van der Waals surface area contributed by atoms with E-state index in [-0.39, 0.29) is 0 Å². The van der Waals surface area contributed by atoms with Gasteiger partial charge in [-0.05, 0) is 79.0 Å². The summed E-state index contributed by atoms with van der Waals surface area (Å²) in [4.78, 5) is 0. The first-order valence-corrected chi connectivity index (χ1v) is 22.9. The number of hydrogen-bond acceptors (Lipinski definition) is 1. The second-order valence-corrected chi connectivity index (χ2v) is 16.5. The molecule has 1 aromatic carbocycles. The molecule has 0 heterocycles. The lowest BCUT2D eigenvalue weighted by molar-refractivity contribution is 0.375. The van der Waals surface area contributed by atoms with Gasteiger partial charge >= 0.3 is 0 Å². The van der Waals surface area contributed by atoms with Crippen LogP contribution in [0, 0.1) is 17.8 Å². The molecule has 0 amide bonds. The lowest BCUT2D eigenvalue weighted by atomic mass is 9.84. The largest absolute Gasteiger partial charge is 0.398 e. The van der Waals surface area contributed by atoms with Crippen LogP contribution in [-0.4, -0.2) is 0 Å². The third kappa shape index (κ3) is 23.3. The van der Waals surface area contributed by atoms with E-state index in [1.54, 1.807) is 16.7 Å². The van der Waals surface area contributed by atoms with Crippen molar-refractivity contribution in [2.24, 2.45) is 17.8 Å². The molecule has 288 valence electrons. The maximum Gasteiger partial charge on any atom is 0.0349 e. The van der Waals surface area contributed by atoms with Crippen molar-refractivity contribution in [2.75, 3.05) is 5.73 Å². The molecular formula is C48H91N. The monoisotopic (exact) mass is 682 g/mol. The van der Waals surface area contributed by atoms with E-state index in [1.165, 1.54) is 212 Å². The summed E-state index contributed by atoms with van der Waals surface area (Å²) in [7, 11) is 0. The molecule has 0 spiro atoms. The van der Waals surface area contributed by atoms with E-state index in [0.717, 1.165) is 23.4 Å². The van der Waals surface area contributed by atoms with Gasteiger partial charge in [0.2, 0.25) is 0 Å².